The normalized spacial score (nSPS) is 9.62. The molecule has 1 aromatic heterocycles. The van der Waals surface area contributed by atoms with Crippen LogP contribution in [0.1, 0.15) is 17.4 Å². The molecule has 13 heavy (non-hydrogen) atoms. The number of anilines is 1. The van der Waals surface area contributed by atoms with Crippen molar-refractivity contribution < 1.29 is 9.53 Å². The number of hydrogen-bond donors (Lipinski definition) is 2. The minimum Gasteiger partial charge on any atom is -0.461 e. The van der Waals surface area contributed by atoms with Crippen LogP contribution in [0.2, 0.25) is 0 Å². The summed E-state index contributed by atoms with van der Waals surface area (Å²) in [6, 6.07) is 1.04. The number of carbonyl (C=O) groups excluding carboxylic acids is 1. The average Bonchev–Trinajstić information content (AvgIpc) is 2.03. The second-order valence-corrected chi connectivity index (χ2v) is 2.24. The monoisotopic (exact) mass is 183 g/mol. The zero-order valence-electron chi connectivity index (χ0n) is 7.03. The maximum absolute atomic E-state index is 11.1. The Hall–Kier alpha value is -1.85. The first-order valence-corrected chi connectivity index (χ1v) is 3.67. The van der Waals surface area contributed by atoms with Crippen LogP contribution >= 0.6 is 0 Å². The molecule has 0 amide bonds. The van der Waals surface area contributed by atoms with E-state index in [4.69, 9.17) is 5.73 Å². The van der Waals surface area contributed by atoms with Gasteiger partial charge in [-0.2, -0.15) is 0 Å². The number of nitrogen functional groups attached to an aromatic ring is 1. The van der Waals surface area contributed by atoms with Crippen LogP contribution in [0, 0.1) is 0 Å². The molecule has 0 aromatic carbocycles. The molecule has 1 rings (SSSR count). The zero-order chi connectivity index (χ0) is 9.84. The highest BCUT2D eigenvalue weighted by Crippen LogP contribution is 1.95. The summed E-state index contributed by atoms with van der Waals surface area (Å²) in [5, 5.41) is 0. The molecule has 0 unspecified atom stereocenters. The van der Waals surface area contributed by atoms with Crippen molar-refractivity contribution >= 4 is 11.9 Å². The van der Waals surface area contributed by atoms with Gasteiger partial charge in [0.2, 0.25) is 5.95 Å². The molecule has 0 saturated heterocycles. The minimum absolute atomic E-state index is 0.0805. The van der Waals surface area contributed by atoms with Crippen LogP contribution in [-0.4, -0.2) is 22.5 Å². The number of ether oxygens (including phenoxy) is 1. The largest absolute Gasteiger partial charge is 0.461 e. The Morgan fingerprint density at radius 2 is 2.46 bits per heavy atom. The van der Waals surface area contributed by atoms with Crippen molar-refractivity contribution in [3.8, 4) is 0 Å². The van der Waals surface area contributed by atoms with Crippen molar-refractivity contribution in [3.63, 3.8) is 0 Å². The Morgan fingerprint density at radius 3 is 3.00 bits per heavy atom. The molecule has 1 aromatic rings. The first-order chi connectivity index (χ1) is 6.13. The molecule has 0 aliphatic heterocycles. The van der Waals surface area contributed by atoms with E-state index in [1.807, 2.05) is 0 Å². The molecule has 0 bridgehead atoms. The van der Waals surface area contributed by atoms with Crippen molar-refractivity contribution in [2.24, 2.45) is 0 Å². The van der Waals surface area contributed by atoms with E-state index in [-0.39, 0.29) is 18.2 Å². The van der Waals surface area contributed by atoms with Gasteiger partial charge in [-0.05, 0) is 6.92 Å². The molecule has 0 spiro atoms. The lowest BCUT2D eigenvalue weighted by molar-refractivity contribution is 0.0519. The molecule has 0 saturated carbocycles. The quantitative estimate of drug-likeness (QED) is 0.604. The summed E-state index contributed by atoms with van der Waals surface area (Å²) >= 11 is 0. The van der Waals surface area contributed by atoms with E-state index in [2.05, 4.69) is 14.7 Å². The lowest BCUT2D eigenvalue weighted by Crippen LogP contribution is -2.16. The van der Waals surface area contributed by atoms with E-state index in [0.717, 1.165) is 6.07 Å². The molecule has 6 heteroatoms. The Labute approximate surface area is 73.7 Å². The number of nitrogens with zero attached hydrogens (tertiary/aromatic N) is 1. The predicted octanol–water partition coefficient (Wildman–Crippen LogP) is -0.471. The third-order valence-electron chi connectivity index (χ3n) is 1.24. The third kappa shape index (κ3) is 2.29. The van der Waals surface area contributed by atoms with Crippen LogP contribution in [0.5, 0.6) is 0 Å². The van der Waals surface area contributed by atoms with E-state index in [0.29, 0.717) is 0 Å². The number of aromatic nitrogens is 2. The van der Waals surface area contributed by atoms with Gasteiger partial charge in [-0.3, -0.25) is 9.78 Å². The van der Waals surface area contributed by atoms with Crippen molar-refractivity contribution in [2.45, 2.75) is 6.92 Å². The second kappa shape index (κ2) is 3.70. The maximum Gasteiger partial charge on any atom is 0.357 e. The van der Waals surface area contributed by atoms with Gasteiger partial charge < -0.3 is 10.5 Å². The van der Waals surface area contributed by atoms with Crippen LogP contribution in [0.25, 0.3) is 0 Å². The minimum atomic E-state index is -0.652. The van der Waals surface area contributed by atoms with Crippen LogP contribution in [0.3, 0.4) is 0 Å². The second-order valence-electron chi connectivity index (χ2n) is 2.24. The number of rotatable bonds is 2. The van der Waals surface area contributed by atoms with Crippen LogP contribution < -0.4 is 11.3 Å². The van der Waals surface area contributed by atoms with Gasteiger partial charge in [0.1, 0.15) is 0 Å². The summed E-state index contributed by atoms with van der Waals surface area (Å²) in [4.78, 5) is 27.7. The van der Waals surface area contributed by atoms with Crippen molar-refractivity contribution in [1.29, 1.82) is 0 Å². The fourth-order valence-electron chi connectivity index (χ4n) is 0.786. The topological polar surface area (TPSA) is 98.1 Å². The number of carbonyl (C=O) groups is 1. The maximum atomic E-state index is 11.1. The Bertz CT molecular complexity index is 371. The van der Waals surface area contributed by atoms with Crippen LogP contribution in [-0.2, 0) is 4.74 Å². The molecular formula is C7H9N3O3. The van der Waals surface area contributed by atoms with Gasteiger partial charge in [-0.15, -0.1) is 0 Å². The third-order valence-corrected chi connectivity index (χ3v) is 1.24. The van der Waals surface area contributed by atoms with Crippen molar-refractivity contribution in [3.05, 3.63) is 22.1 Å². The molecule has 0 fully saturated rings. The molecule has 6 nitrogen and oxygen atoms in total. The van der Waals surface area contributed by atoms with Gasteiger partial charge in [-0.25, -0.2) is 9.78 Å². The number of esters is 1. The molecule has 3 N–H and O–H groups in total. The van der Waals surface area contributed by atoms with E-state index in [9.17, 15) is 9.59 Å². The van der Waals surface area contributed by atoms with E-state index in [1.165, 1.54) is 0 Å². The summed E-state index contributed by atoms with van der Waals surface area (Å²) < 4.78 is 4.63. The van der Waals surface area contributed by atoms with Gasteiger partial charge in [0.15, 0.2) is 5.69 Å². The average molecular weight is 183 g/mol. The molecular weight excluding hydrogens is 174 g/mol. The summed E-state index contributed by atoms with van der Waals surface area (Å²) in [6.45, 7) is 1.89. The molecule has 0 radical (unpaired) electrons. The SMILES string of the molecule is CCOC(=O)c1cc(=O)[nH]c(N)n1. The summed E-state index contributed by atoms with van der Waals surface area (Å²) in [7, 11) is 0. The molecule has 0 atom stereocenters. The number of aromatic amines is 1. The highest BCUT2D eigenvalue weighted by atomic mass is 16.5. The Morgan fingerprint density at radius 1 is 1.77 bits per heavy atom. The first kappa shape index (κ1) is 9.24. The number of nitrogens with one attached hydrogen (secondary N) is 1. The number of H-pyrrole nitrogens is 1. The van der Waals surface area contributed by atoms with E-state index < -0.39 is 11.5 Å². The van der Waals surface area contributed by atoms with Gasteiger partial charge in [0.25, 0.3) is 5.56 Å². The van der Waals surface area contributed by atoms with Gasteiger partial charge in [-0.1, -0.05) is 0 Å². The lowest BCUT2D eigenvalue weighted by atomic mass is 10.4. The van der Waals surface area contributed by atoms with Crippen LogP contribution in [0.4, 0.5) is 5.95 Å². The van der Waals surface area contributed by atoms with Crippen molar-refractivity contribution in [1.82, 2.24) is 9.97 Å². The Kier molecular flexibility index (Phi) is 2.63. The predicted molar refractivity (Wildman–Crippen MR) is 45.2 cm³/mol. The molecule has 0 aliphatic rings. The van der Waals surface area contributed by atoms with Crippen molar-refractivity contribution in [2.75, 3.05) is 12.3 Å². The molecule has 70 valence electrons. The zero-order valence-corrected chi connectivity index (χ0v) is 7.03. The number of hydrogen-bond acceptors (Lipinski definition) is 5. The fraction of sp³-hybridized carbons (Fsp3) is 0.286. The first-order valence-electron chi connectivity index (χ1n) is 3.67. The summed E-state index contributed by atoms with van der Waals surface area (Å²) in [6.07, 6.45) is 0. The van der Waals surface area contributed by atoms with Crippen LogP contribution in [0.15, 0.2) is 10.9 Å². The van der Waals surface area contributed by atoms with Gasteiger partial charge >= 0.3 is 5.97 Å². The van der Waals surface area contributed by atoms with Gasteiger partial charge in [0.05, 0.1) is 6.61 Å². The van der Waals surface area contributed by atoms with Gasteiger partial charge in [0, 0.05) is 6.07 Å². The summed E-state index contributed by atoms with van der Waals surface area (Å²) in [5.41, 5.74) is 4.66. The standard InChI is InChI=1S/C7H9N3O3/c1-2-13-6(12)4-3-5(11)10-7(8)9-4/h3H,2H2,1H3,(H3,8,9,10,11). The number of nitrogens with two attached hydrogens (primary N) is 1. The fourth-order valence-corrected chi connectivity index (χ4v) is 0.786. The molecule has 1 heterocycles. The van der Waals surface area contributed by atoms with E-state index in [1.54, 1.807) is 6.92 Å². The van der Waals surface area contributed by atoms with E-state index >= 15 is 0 Å². The highest BCUT2D eigenvalue weighted by Gasteiger charge is 2.09. The highest BCUT2D eigenvalue weighted by molar-refractivity contribution is 5.87. The Balaban J connectivity index is 3.01. The molecule has 0 aliphatic carbocycles. The lowest BCUT2D eigenvalue weighted by Gasteiger charge is -2.00. The smallest absolute Gasteiger partial charge is 0.357 e. The summed E-state index contributed by atoms with van der Waals surface area (Å²) in [5.74, 6) is -0.754.